The van der Waals surface area contributed by atoms with Gasteiger partial charge in [0, 0.05) is 23.1 Å². The van der Waals surface area contributed by atoms with Gasteiger partial charge in [0.25, 0.3) is 5.91 Å². The van der Waals surface area contributed by atoms with Gasteiger partial charge in [0.2, 0.25) is 27.7 Å². The van der Waals surface area contributed by atoms with Gasteiger partial charge in [0.05, 0.1) is 31.7 Å². The standard InChI is InChI=1S/C37H49N5O10S/c1-6-22-15-21(2)9-7-8-10-23-18-37(23,34(45)41-53(48,49)36(3)13-14-36)40-31(43)28-17-25(20-42(28)33(44)30(22)39-35(46)47)52-32-26-12-11-24(50-4)16-27(26)29(51-5)19-38-32/h8,10-12,16,19,21-23,25,28,30,39H,6-7,9,13-15,17-18,20H2,1-5H3,(H,40,43)(H,41,45)(H,46,47)/b10-8-/t21-,22-,23?,25-,28+,30+,37?/m1/s1. The number of carboxylic acid groups (broad SMARTS) is 1. The third kappa shape index (κ3) is 7.60. The van der Waals surface area contributed by atoms with E-state index in [9.17, 15) is 32.7 Å². The summed E-state index contributed by atoms with van der Waals surface area (Å²) in [6.07, 6.45) is 6.62. The van der Waals surface area contributed by atoms with Crippen LogP contribution in [0.1, 0.15) is 72.1 Å². The van der Waals surface area contributed by atoms with Crippen molar-refractivity contribution in [3.63, 3.8) is 0 Å². The maximum Gasteiger partial charge on any atom is 0.405 e. The Hall–Kier alpha value is -4.60. The van der Waals surface area contributed by atoms with Crippen LogP contribution in [0.3, 0.4) is 0 Å². The molecular weight excluding hydrogens is 706 g/mol. The van der Waals surface area contributed by atoms with E-state index in [0.29, 0.717) is 54.4 Å². The molecule has 3 heterocycles. The monoisotopic (exact) mass is 755 g/mol. The van der Waals surface area contributed by atoms with Crippen LogP contribution in [0.4, 0.5) is 4.79 Å². The molecule has 2 unspecified atom stereocenters. The lowest BCUT2D eigenvalue weighted by Crippen LogP contribution is -2.59. The Labute approximate surface area is 309 Å². The zero-order valence-electron chi connectivity index (χ0n) is 30.7. The number of pyridine rings is 1. The summed E-state index contributed by atoms with van der Waals surface area (Å²) in [5.74, 6) is -1.50. The number of nitrogens with zero attached hydrogens (tertiary/aromatic N) is 2. The minimum atomic E-state index is -4.01. The van der Waals surface area contributed by atoms with Gasteiger partial charge in [-0.05, 0) is 75.5 Å². The van der Waals surface area contributed by atoms with Gasteiger partial charge >= 0.3 is 6.09 Å². The second-order valence-electron chi connectivity index (χ2n) is 15.1. The lowest BCUT2D eigenvalue weighted by Gasteiger charge is -2.33. The predicted octanol–water partition coefficient (Wildman–Crippen LogP) is 3.51. The summed E-state index contributed by atoms with van der Waals surface area (Å²) in [6, 6.07) is 2.96. The van der Waals surface area contributed by atoms with E-state index in [0.717, 1.165) is 6.42 Å². The highest BCUT2D eigenvalue weighted by molar-refractivity contribution is 7.91. The van der Waals surface area contributed by atoms with Crippen molar-refractivity contribution in [3.05, 3.63) is 36.5 Å². The van der Waals surface area contributed by atoms with Crippen molar-refractivity contribution in [1.29, 1.82) is 0 Å². The van der Waals surface area contributed by atoms with Gasteiger partial charge in [-0.1, -0.05) is 32.4 Å². The first kappa shape index (κ1) is 38.1. The van der Waals surface area contributed by atoms with Gasteiger partial charge in [0.1, 0.15) is 35.2 Å². The van der Waals surface area contributed by atoms with Gasteiger partial charge < -0.3 is 34.9 Å². The third-order valence-electron chi connectivity index (χ3n) is 11.4. The van der Waals surface area contributed by atoms with E-state index in [2.05, 4.69) is 20.3 Å². The molecule has 7 atom stereocenters. The van der Waals surface area contributed by atoms with Gasteiger partial charge in [-0.3, -0.25) is 19.1 Å². The molecule has 1 aromatic heterocycles. The highest BCUT2D eigenvalue weighted by atomic mass is 32.2. The van der Waals surface area contributed by atoms with Crippen molar-refractivity contribution in [3.8, 4) is 17.4 Å². The highest BCUT2D eigenvalue weighted by Gasteiger charge is 2.63. The molecule has 2 aromatic rings. The number of nitrogens with one attached hydrogen (secondary N) is 3. The van der Waals surface area contributed by atoms with Crippen molar-refractivity contribution < 1.29 is 46.9 Å². The first-order chi connectivity index (χ1) is 25.1. The van der Waals surface area contributed by atoms with E-state index in [4.69, 9.17) is 14.2 Å². The van der Waals surface area contributed by atoms with Gasteiger partial charge in [-0.15, -0.1) is 0 Å². The number of aromatic nitrogens is 1. The molecule has 3 fully saturated rings. The van der Waals surface area contributed by atoms with Crippen LogP contribution >= 0.6 is 0 Å². The number of hydrogen-bond acceptors (Lipinski definition) is 10. The molecule has 1 aromatic carbocycles. The highest BCUT2D eigenvalue weighted by Crippen LogP contribution is 2.48. The number of methoxy groups -OCH3 is 2. The summed E-state index contributed by atoms with van der Waals surface area (Å²) < 4.78 is 44.8. The summed E-state index contributed by atoms with van der Waals surface area (Å²) in [6.45, 7) is 5.44. The molecule has 4 N–H and O–H groups in total. The van der Waals surface area contributed by atoms with Gasteiger partial charge in [-0.25, -0.2) is 18.2 Å². The summed E-state index contributed by atoms with van der Waals surface area (Å²) >= 11 is 0. The van der Waals surface area contributed by atoms with Crippen molar-refractivity contribution in [2.24, 2.45) is 17.8 Å². The Morgan fingerprint density at radius 1 is 1.13 bits per heavy atom. The number of carbonyl (C=O) groups is 4. The number of ether oxygens (including phenoxy) is 3. The number of hydrogen-bond donors (Lipinski definition) is 4. The third-order valence-corrected chi connectivity index (χ3v) is 13.6. The molecule has 2 aliphatic heterocycles. The lowest BCUT2D eigenvalue weighted by atomic mass is 9.85. The SMILES string of the molecule is CC[C@@H]1C[C@H](C)CC/C=C\C2CC2(C(=O)NS(=O)(=O)C2(C)CC2)NC(=O)[C@@H]2C[C@@H](Oc3ncc(OC)c4cc(OC)ccc34)CN2C(=O)[C@H]1NC(=O)O. The van der Waals surface area contributed by atoms with E-state index >= 15 is 0 Å². The summed E-state index contributed by atoms with van der Waals surface area (Å²) in [7, 11) is -0.946. The first-order valence-electron chi connectivity index (χ1n) is 18.2. The van der Waals surface area contributed by atoms with Crippen LogP contribution in [0.2, 0.25) is 0 Å². The van der Waals surface area contributed by atoms with E-state index in [1.807, 2.05) is 26.0 Å². The van der Waals surface area contributed by atoms with Crippen LogP contribution in [-0.4, -0.2) is 96.5 Å². The molecule has 2 aliphatic carbocycles. The molecule has 0 bridgehead atoms. The molecule has 0 radical (unpaired) electrons. The van der Waals surface area contributed by atoms with Crippen LogP contribution in [0, 0.1) is 17.8 Å². The van der Waals surface area contributed by atoms with Crippen molar-refractivity contribution in [1.82, 2.24) is 25.2 Å². The topological polar surface area (TPSA) is 203 Å². The maximum atomic E-state index is 14.5. The Morgan fingerprint density at radius 3 is 2.55 bits per heavy atom. The molecule has 15 nitrogen and oxygen atoms in total. The van der Waals surface area contributed by atoms with E-state index in [1.54, 1.807) is 32.2 Å². The normalized spacial score (nSPS) is 30.4. The number of benzene rings is 1. The minimum Gasteiger partial charge on any atom is -0.497 e. The second-order valence-corrected chi connectivity index (χ2v) is 17.3. The number of carbonyl (C=O) groups excluding carboxylic acids is 3. The van der Waals surface area contributed by atoms with Gasteiger partial charge in [-0.2, -0.15) is 0 Å². The fourth-order valence-electron chi connectivity index (χ4n) is 7.66. The van der Waals surface area contributed by atoms with E-state index in [1.165, 1.54) is 18.2 Å². The number of sulfonamides is 1. The lowest BCUT2D eigenvalue weighted by molar-refractivity contribution is -0.142. The second kappa shape index (κ2) is 14.7. The molecule has 4 amide bonds. The first-order valence-corrected chi connectivity index (χ1v) is 19.7. The molecule has 6 rings (SSSR count). The van der Waals surface area contributed by atoms with Crippen LogP contribution in [-0.2, 0) is 24.4 Å². The van der Waals surface area contributed by atoms with Crippen LogP contribution in [0.5, 0.6) is 17.4 Å². The molecule has 53 heavy (non-hydrogen) atoms. The number of amides is 4. The van der Waals surface area contributed by atoms with Crippen LogP contribution < -0.4 is 29.6 Å². The van der Waals surface area contributed by atoms with Crippen molar-refractivity contribution in [2.75, 3.05) is 20.8 Å². The maximum absolute atomic E-state index is 14.5. The van der Waals surface area contributed by atoms with E-state index in [-0.39, 0.29) is 37.1 Å². The molecule has 2 saturated carbocycles. The number of fused-ring (bicyclic) bond motifs is 3. The molecular formula is C37H49N5O10S. The number of rotatable bonds is 9. The predicted molar refractivity (Wildman–Crippen MR) is 194 cm³/mol. The zero-order valence-corrected chi connectivity index (χ0v) is 31.5. The Kier molecular flexibility index (Phi) is 10.6. The fourth-order valence-corrected chi connectivity index (χ4v) is 8.97. The van der Waals surface area contributed by atoms with Crippen molar-refractivity contribution >= 4 is 44.6 Å². The molecule has 4 aliphatic rings. The van der Waals surface area contributed by atoms with E-state index < -0.39 is 68.2 Å². The quantitative estimate of drug-likeness (QED) is 0.273. The zero-order chi connectivity index (χ0) is 38.3. The smallest absolute Gasteiger partial charge is 0.405 e. The molecule has 16 heteroatoms. The molecule has 1 saturated heterocycles. The van der Waals surface area contributed by atoms with Crippen LogP contribution in [0.25, 0.3) is 10.8 Å². The van der Waals surface area contributed by atoms with Crippen LogP contribution in [0.15, 0.2) is 36.5 Å². The minimum absolute atomic E-state index is 0.00943. The molecule has 288 valence electrons. The largest absolute Gasteiger partial charge is 0.497 e. The van der Waals surface area contributed by atoms with Crippen molar-refractivity contribution in [2.45, 2.75) is 101 Å². The Morgan fingerprint density at radius 2 is 1.89 bits per heavy atom. The summed E-state index contributed by atoms with van der Waals surface area (Å²) in [5.41, 5.74) is -1.55. The Balaban J connectivity index is 1.36. The average Bonchev–Trinajstić information content (AvgIpc) is 4.00. The summed E-state index contributed by atoms with van der Waals surface area (Å²) in [5, 5.41) is 16.4. The Bertz CT molecular complexity index is 1920. The molecule has 0 spiro atoms. The fraction of sp³-hybridized carbons (Fsp3) is 0.595. The number of allylic oxidation sites excluding steroid dienone is 1. The summed E-state index contributed by atoms with van der Waals surface area (Å²) in [4.78, 5) is 60.7. The average molecular weight is 756 g/mol. The van der Waals surface area contributed by atoms with Gasteiger partial charge in [0.15, 0.2) is 0 Å².